The maximum atomic E-state index is 10.7. The minimum absolute atomic E-state index is 0. The first-order chi connectivity index (χ1) is 2.56. The summed E-state index contributed by atoms with van der Waals surface area (Å²) in [6.45, 7) is 2.51. The van der Waals surface area contributed by atoms with Crippen LogP contribution in [0.2, 0.25) is 0 Å². The van der Waals surface area contributed by atoms with Crippen LogP contribution in [0.3, 0.4) is 0 Å². The van der Waals surface area contributed by atoms with Gasteiger partial charge in [-0.15, -0.1) is 0 Å². The molecular formula is C3H4F4. The smallest absolute Gasteiger partial charge is 0.269 e. The third kappa shape index (κ3) is 10.8. The van der Waals surface area contributed by atoms with E-state index in [0.29, 0.717) is 0 Å². The summed E-state index contributed by atoms with van der Waals surface area (Å²) in [6, 6.07) is 0. The van der Waals surface area contributed by atoms with Gasteiger partial charge in [0, 0.05) is 6.08 Å². The van der Waals surface area contributed by atoms with E-state index in [0.717, 1.165) is 0 Å². The van der Waals surface area contributed by atoms with Gasteiger partial charge in [0.15, 0.2) is 0 Å². The molecule has 0 saturated carbocycles. The molecule has 0 fully saturated rings. The number of alkyl halides is 3. The summed E-state index contributed by atoms with van der Waals surface area (Å²) >= 11 is 0. The largest absolute Gasteiger partial charge is 0.409 e. The molecule has 0 N–H and O–H groups in total. The van der Waals surface area contributed by atoms with E-state index in [-0.39, 0.29) is 10.8 Å². The van der Waals surface area contributed by atoms with Crippen LogP contribution in [0.5, 0.6) is 0 Å². The zero-order chi connectivity index (χ0) is 5.21. The molecule has 0 aromatic carbocycles. The van der Waals surface area contributed by atoms with Gasteiger partial charge in [0.2, 0.25) is 0 Å². The topological polar surface area (TPSA) is 0 Å². The molecular weight excluding hydrogens is 112 g/mol. The molecule has 0 aliphatic heterocycles. The molecule has 0 aliphatic rings. The molecule has 44 valence electrons. The van der Waals surface area contributed by atoms with Crippen LogP contribution in [0.15, 0.2) is 12.7 Å². The summed E-state index contributed by atoms with van der Waals surface area (Å²) in [7, 11) is 0. The molecule has 0 spiro atoms. The first kappa shape index (κ1) is 9.68. The Kier molecular flexibility index (Phi) is 3.60. The Bertz CT molecular complexity index is 52.4. The van der Waals surface area contributed by atoms with Gasteiger partial charge in [-0.2, -0.15) is 13.2 Å². The highest BCUT2D eigenvalue weighted by Gasteiger charge is 2.19. The molecule has 0 atom stereocenters. The van der Waals surface area contributed by atoms with E-state index in [1.54, 1.807) is 0 Å². The standard InChI is InChI=1S/C3H3F3.FH/c1-2-3(4,5)6;/h2H,1H2;1H. The average Bonchev–Trinajstić information content (AvgIpc) is 1.35. The molecule has 0 rings (SSSR count). The number of halogens is 4. The second-order valence-corrected chi connectivity index (χ2v) is 0.746. The summed E-state index contributed by atoms with van der Waals surface area (Å²) < 4.78 is 32.0. The van der Waals surface area contributed by atoms with Gasteiger partial charge in [0.05, 0.1) is 0 Å². The van der Waals surface area contributed by atoms with Crippen molar-refractivity contribution in [2.75, 3.05) is 0 Å². The molecule has 0 amide bonds. The molecule has 0 nitrogen and oxygen atoms in total. The molecule has 0 heterocycles. The SMILES string of the molecule is C=CC(F)(F)F.F. The highest BCUT2D eigenvalue weighted by atomic mass is 19.4. The minimum Gasteiger partial charge on any atom is -0.269 e. The highest BCUT2D eigenvalue weighted by Crippen LogP contribution is 2.13. The first-order valence-electron chi connectivity index (χ1n) is 1.26. The van der Waals surface area contributed by atoms with Crippen molar-refractivity contribution in [3.63, 3.8) is 0 Å². The predicted octanol–water partition coefficient (Wildman–Crippen LogP) is 1.89. The summed E-state index contributed by atoms with van der Waals surface area (Å²) in [5.74, 6) is 0. The van der Waals surface area contributed by atoms with Crippen LogP contribution < -0.4 is 0 Å². The van der Waals surface area contributed by atoms with Crippen molar-refractivity contribution in [2.45, 2.75) is 6.18 Å². The lowest BCUT2D eigenvalue weighted by Crippen LogP contribution is -1.98. The fourth-order valence-electron chi connectivity index (χ4n) is 0. The molecule has 0 saturated heterocycles. The summed E-state index contributed by atoms with van der Waals surface area (Å²) in [4.78, 5) is 0. The Balaban J connectivity index is 0. The first-order valence-corrected chi connectivity index (χ1v) is 1.26. The van der Waals surface area contributed by atoms with Crippen molar-refractivity contribution in [3.8, 4) is 0 Å². The van der Waals surface area contributed by atoms with Crippen molar-refractivity contribution >= 4 is 0 Å². The lowest BCUT2D eigenvalue weighted by Gasteiger charge is -1.91. The zero-order valence-corrected chi connectivity index (χ0v) is 3.33. The van der Waals surface area contributed by atoms with Gasteiger partial charge in [-0.1, -0.05) is 6.58 Å². The van der Waals surface area contributed by atoms with Gasteiger partial charge in [-0.25, -0.2) is 0 Å². The quantitative estimate of drug-likeness (QED) is 0.335. The molecule has 0 radical (unpaired) electrons. The van der Waals surface area contributed by atoms with E-state index < -0.39 is 6.18 Å². The van der Waals surface area contributed by atoms with Crippen LogP contribution >= 0.6 is 0 Å². The number of allylic oxidation sites excluding steroid dienone is 1. The monoisotopic (exact) mass is 116 g/mol. The Hall–Kier alpha value is -0.540. The van der Waals surface area contributed by atoms with Gasteiger partial charge in [-0.3, -0.25) is 4.70 Å². The number of hydrogen-bond acceptors (Lipinski definition) is 0. The summed E-state index contributed by atoms with van der Waals surface area (Å²) in [6.07, 6.45) is -4.26. The Morgan fingerprint density at radius 1 is 1.29 bits per heavy atom. The molecule has 7 heavy (non-hydrogen) atoms. The Morgan fingerprint density at radius 3 is 1.43 bits per heavy atom. The third-order valence-corrected chi connectivity index (χ3v) is 0.231. The van der Waals surface area contributed by atoms with Crippen LogP contribution in [0.25, 0.3) is 0 Å². The van der Waals surface area contributed by atoms with Crippen molar-refractivity contribution in [3.05, 3.63) is 12.7 Å². The van der Waals surface area contributed by atoms with Crippen LogP contribution in [-0.4, -0.2) is 6.18 Å². The van der Waals surface area contributed by atoms with Crippen molar-refractivity contribution in [1.82, 2.24) is 0 Å². The highest BCUT2D eigenvalue weighted by molar-refractivity contribution is 4.75. The normalized spacial score (nSPS) is 9.57. The zero-order valence-electron chi connectivity index (χ0n) is 3.33. The van der Waals surface area contributed by atoms with Crippen molar-refractivity contribution in [1.29, 1.82) is 0 Å². The maximum absolute atomic E-state index is 10.7. The van der Waals surface area contributed by atoms with E-state index >= 15 is 0 Å². The van der Waals surface area contributed by atoms with Gasteiger partial charge < -0.3 is 0 Å². The predicted molar refractivity (Wildman–Crippen MR) is 18.8 cm³/mol. The van der Waals surface area contributed by atoms with E-state index in [1.807, 2.05) is 0 Å². The van der Waals surface area contributed by atoms with Crippen molar-refractivity contribution < 1.29 is 17.9 Å². The Labute approximate surface area is 38.0 Å². The van der Waals surface area contributed by atoms with Crippen LogP contribution in [-0.2, 0) is 0 Å². The third-order valence-electron chi connectivity index (χ3n) is 0.231. The van der Waals surface area contributed by atoms with Gasteiger partial charge in [0.25, 0.3) is 0 Å². The minimum atomic E-state index is -4.19. The lowest BCUT2D eigenvalue weighted by atomic mass is 10.6. The van der Waals surface area contributed by atoms with Crippen LogP contribution in [0.1, 0.15) is 0 Å². The van der Waals surface area contributed by atoms with E-state index in [9.17, 15) is 13.2 Å². The van der Waals surface area contributed by atoms with Crippen LogP contribution in [0, 0.1) is 0 Å². The van der Waals surface area contributed by atoms with E-state index in [1.165, 1.54) is 0 Å². The van der Waals surface area contributed by atoms with Gasteiger partial charge >= 0.3 is 6.18 Å². The number of hydrogen-bond donors (Lipinski definition) is 0. The number of rotatable bonds is 0. The van der Waals surface area contributed by atoms with E-state index in [4.69, 9.17) is 0 Å². The summed E-state index contributed by atoms with van der Waals surface area (Å²) in [5.41, 5.74) is 0. The average molecular weight is 116 g/mol. The second-order valence-electron chi connectivity index (χ2n) is 0.746. The maximum Gasteiger partial charge on any atom is 0.409 e. The van der Waals surface area contributed by atoms with Crippen molar-refractivity contribution in [2.24, 2.45) is 0 Å². The molecule has 0 aromatic heterocycles. The Morgan fingerprint density at radius 2 is 1.43 bits per heavy atom. The molecule has 0 aromatic rings. The van der Waals surface area contributed by atoms with Crippen LogP contribution in [0.4, 0.5) is 17.9 Å². The van der Waals surface area contributed by atoms with E-state index in [2.05, 4.69) is 6.58 Å². The van der Waals surface area contributed by atoms with Gasteiger partial charge in [-0.05, 0) is 0 Å². The lowest BCUT2D eigenvalue weighted by molar-refractivity contribution is -0.0795. The second kappa shape index (κ2) is 2.60. The molecule has 4 heteroatoms. The fraction of sp³-hybridized carbons (Fsp3) is 0.333. The van der Waals surface area contributed by atoms with Gasteiger partial charge in [0.1, 0.15) is 0 Å². The molecule has 0 bridgehead atoms. The fourth-order valence-corrected chi connectivity index (χ4v) is 0. The summed E-state index contributed by atoms with van der Waals surface area (Å²) in [5, 5.41) is 0. The molecule has 0 unspecified atom stereocenters. The molecule has 0 aliphatic carbocycles.